The Balaban J connectivity index is 1.54. The van der Waals surface area contributed by atoms with E-state index in [1.807, 2.05) is 0 Å². The summed E-state index contributed by atoms with van der Waals surface area (Å²) in [6, 6.07) is 5.69. The maximum atomic E-state index is 13.2. The van der Waals surface area contributed by atoms with E-state index in [1.54, 1.807) is 18.2 Å². The maximum absolute atomic E-state index is 13.2. The molecule has 11 N–H and O–H groups in total. The van der Waals surface area contributed by atoms with Gasteiger partial charge in [0.15, 0.2) is 5.75 Å². The molecule has 0 bridgehead atoms. The van der Waals surface area contributed by atoms with E-state index in [0.717, 1.165) is 51.6 Å². The van der Waals surface area contributed by atoms with Gasteiger partial charge in [-0.25, -0.2) is 4.98 Å². The fourth-order valence-corrected chi connectivity index (χ4v) is 6.40. The zero-order valence-electron chi connectivity index (χ0n) is 26.7. The summed E-state index contributed by atoms with van der Waals surface area (Å²) < 4.78 is 5.69. The first kappa shape index (κ1) is 35.6. The number of thiazole rings is 1. The molecule has 0 spiro atoms. The van der Waals surface area contributed by atoms with Crippen LogP contribution in [0.15, 0.2) is 47.7 Å². The minimum atomic E-state index is -3.54. The van der Waals surface area contributed by atoms with Gasteiger partial charge in [-0.15, -0.1) is 11.3 Å². The van der Waals surface area contributed by atoms with Crippen molar-refractivity contribution in [2.45, 2.75) is 70.6 Å². The van der Waals surface area contributed by atoms with Gasteiger partial charge in [0.1, 0.15) is 21.4 Å². The lowest BCUT2D eigenvalue weighted by molar-refractivity contribution is -0.325. The number of allylic oxidation sites excluding steroid dienone is 1. The van der Waals surface area contributed by atoms with Gasteiger partial charge in [0, 0.05) is 24.1 Å². The fourth-order valence-electron chi connectivity index (χ4n) is 5.56. The van der Waals surface area contributed by atoms with Crippen LogP contribution in [0.25, 0.3) is 10.6 Å². The van der Waals surface area contributed by atoms with Gasteiger partial charge >= 0.3 is 6.10 Å². The summed E-state index contributed by atoms with van der Waals surface area (Å²) >= 11 is 1.19. The predicted molar refractivity (Wildman–Crippen MR) is 176 cm³/mol. The van der Waals surface area contributed by atoms with Gasteiger partial charge in [-0.3, -0.25) is 19.7 Å². The second-order valence-electron chi connectivity index (χ2n) is 11.5. The van der Waals surface area contributed by atoms with Crippen LogP contribution in [0.2, 0.25) is 0 Å². The highest BCUT2D eigenvalue weighted by Crippen LogP contribution is 2.39. The molecule has 2 aromatic rings. The fraction of sp³-hybridized carbons (Fsp3) is 0.484. The van der Waals surface area contributed by atoms with Gasteiger partial charge in [-0.2, -0.15) is 0 Å². The number of para-hydroxylation sites is 1. The third kappa shape index (κ3) is 9.65. The predicted octanol–water partition coefficient (Wildman–Crippen LogP) is 0.814. The van der Waals surface area contributed by atoms with Crippen LogP contribution in [-0.2, 0) is 9.59 Å². The number of nitrogens with one attached hydrogen (secondary N) is 4. The van der Waals surface area contributed by atoms with E-state index in [-0.39, 0.29) is 41.0 Å². The number of hydrogen-bond acceptors (Lipinski definition) is 13. The number of carbonyl (C=O) groups excluding carboxylic acids is 3. The first-order valence-corrected chi connectivity index (χ1v) is 16.4. The average molecular weight is 673 g/mol. The number of ether oxygens (including phenoxy) is 1. The molecule has 0 saturated heterocycles. The Morgan fingerprint density at radius 3 is 2.36 bits per heavy atom. The van der Waals surface area contributed by atoms with E-state index in [0.29, 0.717) is 27.2 Å². The zero-order chi connectivity index (χ0) is 34.3. The molecule has 2 aliphatic rings. The van der Waals surface area contributed by atoms with E-state index in [1.165, 1.54) is 36.0 Å². The number of benzene rings is 1. The van der Waals surface area contributed by atoms with E-state index >= 15 is 0 Å². The molecule has 1 heterocycles. The molecule has 0 aliphatic heterocycles. The Labute approximate surface area is 277 Å². The number of rotatable bonds is 14. The van der Waals surface area contributed by atoms with Crippen LogP contribution in [0.1, 0.15) is 62.0 Å². The number of amides is 3. The Morgan fingerprint density at radius 2 is 1.77 bits per heavy atom. The number of methoxy groups -OCH3 is 1. The van der Waals surface area contributed by atoms with Crippen molar-refractivity contribution >= 4 is 34.7 Å². The second kappa shape index (κ2) is 15.6. The second-order valence-corrected chi connectivity index (χ2v) is 12.6. The molecular weight excluding hydrogens is 628 g/mol. The molecule has 0 unspecified atom stereocenters. The van der Waals surface area contributed by atoms with Gasteiger partial charge in [-0.05, 0) is 63.7 Å². The third-order valence-corrected chi connectivity index (χ3v) is 9.17. The molecule has 3 amide bonds. The van der Waals surface area contributed by atoms with Crippen LogP contribution in [0.3, 0.4) is 0 Å². The zero-order valence-corrected chi connectivity index (χ0v) is 27.5. The molecule has 2 fully saturated rings. The Kier molecular flexibility index (Phi) is 11.8. The van der Waals surface area contributed by atoms with Gasteiger partial charge < -0.3 is 52.4 Å². The molecule has 0 radical (unpaired) electrons. The summed E-state index contributed by atoms with van der Waals surface area (Å²) in [5, 5.41) is 38.3. The first-order valence-electron chi connectivity index (χ1n) is 15.6. The highest BCUT2D eigenvalue weighted by Gasteiger charge is 2.30. The van der Waals surface area contributed by atoms with Crippen LogP contribution in [0.5, 0.6) is 5.75 Å². The average Bonchev–Trinajstić information content (AvgIpc) is 3.77. The minimum absolute atomic E-state index is 0.0944. The van der Waals surface area contributed by atoms with Gasteiger partial charge in [0.05, 0.1) is 30.3 Å². The van der Waals surface area contributed by atoms with Gasteiger partial charge in [0.25, 0.3) is 11.8 Å². The van der Waals surface area contributed by atoms with Gasteiger partial charge in [0.2, 0.25) is 5.91 Å². The quantitative estimate of drug-likeness (QED) is 0.0770. The van der Waals surface area contributed by atoms with E-state index in [4.69, 9.17) is 16.2 Å². The topological polar surface area (TPSA) is 237 Å². The van der Waals surface area contributed by atoms with E-state index in [9.17, 15) is 29.7 Å². The molecule has 47 heavy (non-hydrogen) atoms. The van der Waals surface area contributed by atoms with Crippen molar-refractivity contribution in [2.24, 2.45) is 17.4 Å². The summed E-state index contributed by atoms with van der Waals surface area (Å²) in [7, 11) is 1.43. The number of carbonyl (C=O) groups is 3. The number of aromatic nitrogens is 1. The maximum Gasteiger partial charge on any atom is 0.369 e. The number of nitrogens with zero attached hydrogens (tertiary/aromatic N) is 2. The van der Waals surface area contributed by atoms with Crippen LogP contribution in [0.4, 0.5) is 5.69 Å². The lowest BCUT2D eigenvalue weighted by atomic mass is 9.90. The first-order chi connectivity index (χ1) is 22.3. The van der Waals surface area contributed by atoms with Crippen molar-refractivity contribution in [1.82, 2.24) is 25.8 Å². The highest BCUT2D eigenvalue weighted by molar-refractivity contribution is 7.17. The van der Waals surface area contributed by atoms with E-state index < -0.39 is 17.7 Å². The lowest BCUT2D eigenvalue weighted by Gasteiger charge is -2.36. The molecule has 15 nitrogen and oxygen atoms in total. The van der Waals surface area contributed by atoms with Crippen molar-refractivity contribution in [3.8, 4) is 16.3 Å². The Hall–Kier alpha value is -4.22. The van der Waals surface area contributed by atoms with Crippen LogP contribution in [0, 0.1) is 5.92 Å². The monoisotopic (exact) mass is 672 g/mol. The Bertz CT molecular complexity index is 1500. The molecule has 2 saturated carbocycles. The summed E-state index contributed by atoms with van der Waals surface area (Å²) in [4.78, 5) is 45.4. The molecule has 16 heteroatoms. The van der Waals surface area contributed by atoms with Crippen LogP contribution in [-0.4, -0.2) is 81.3 Å². The molecule has 256 valence electrons. The number of anilines is 1. The van der Waals surface area contributed by atoms with Crippen molar-refractivity contribution in [3.05, 3.63) is 52.6 Å². The van der Waals surface area contributed by atoms with Gasteiger partial charge in [-0.1, -0.05) is 19.9 Å². The molecule has 1 aromatic heterocycles. The van der Waals surface area contributed by atoms with Crippen LogP contribution < -0.4 is 37.5 Å². The summed E-state index contributed by atoms with van der Waals surface area (Å²) in [5.74, 6) is -1.77. The normalized spacial score (nSPS) is 19.1. The standard InChI is InChI=1S/C31H44N8O7S/c1-4-39(5-2)19-13-11-18(12-14-19)35-28(41)23-16-34-30(47-23)20-7-6-8-21(26(20)46-3)36-22(25(33)29(42)38-31(43,44)45)15-24(32)37-27(40)17-9-10-17/h6-8,15-19,36,43-45H,4-5,9-14,32-33H2,1-3H3,(H,35,41)(H,37,40)(H,38,42)/b24-15+,25-22+. The summed E-state index contributed by atoms with van der Waals surface area (Å²) in [5.41, 5.74) is 12.1. The number of hydrogen-bond donors (Lipinski definition) is 9. The largest absolute Gasteiger partial charge is 0.494 e. The van der Waals surface area contributed by atoms with Crippen molar-refractivity contribution in [3.63, 3.8) is 0 Å². The number of nitrogens with two attached hydrogens (primary N) is 2. The summed E-state index contributed by atoms with van der Waals surface area (Å²) in [6.45, 7) is 6.38. The van der Waals surface area contributed by atoms with Crippen molar-refractivity contribution < 1.29 is 34.4 Å². The smallest absolute Gasteiger partial charge is 0.369 e. The van der Waals surface area contributed by atoms with E-state index in [2.05, 4.69) is 39.7 Å². The molecular formula is C31H44N8O7S. The van der Waals surface area contributed by atoms with Crippen LogP contribution >= 0.6 is 11.3 Å². The molecule has 4 rings (SSSR count). The van der Waals surface area contributed by atoms with Crippen molar-refractivity contribution in [1.29, 1.82) is 0 Å². The third-order valence-electron chi connectivity index (χ3n) is 8.14. The minimum Gasteiger partial charge on any atom is -0.494 e. The lowest BCUT2D eigenvalue weighted by Crippen LogP contribution is -2.50. The SMILES string of the molecule is CCN(CC)C1CCC(NC(=O)c2cnc(-c3cccc(NC(/C=C(\N)NC(=O)C4CC4)=C(/N)C(=O)NC(O)(O)O)c3OC)s2)CC1. The molecule has 2 aliphatic carbocycles. The molecule has 0 atom stereocenters. The Morgan fingerprint density at radius 1 is 1.09 bits per heavy atom. The number of aliphatic hydroxyl groups is 3. The van der Waals surface area contributed by atoms with Crippen molar-refractivity contribution in [2.75, 3.05) is 25.5 Å². The molecule has 1 aromatic carbocycles. The summed E-state index contributed by atoms with van der Waals surface area (Å²) in [6.07, 6.45) is 4.52. The highest BCUT2D eigenvalue weighted by atomic mass is 32.1.